The van der Waals surface area contributed by atoms with E-state index in [-0.39, 0.29) is 28.2 Å². The molecule has 1 amide bonds. The predicted molar refractivity (Wildman–Crippen MR) is 122 cm³/mol. The van der Waals surface area contributed by atoms with Gasteiger partial charge in [-0.1, -0.05) is 60.1 Å². The third kappa shape index (κ3) is 6.07. The largest absolute Gasteiger partial charge is 0.482 e. The van der Waals surface area contributed by atoms with Crippen LogP contribution < -0.4 is 14.8 Å². The quantitative estimate of drug-likeness (QED) is 0.512. The Labute approximate surface area is 187 Å². The van der Waals surface area contributed by atoms with E-state index in [2.05, 4.69) is 10.0 Å². The summed E-state index contributed by atoms with van der Waals surface area (Å²) < 4.78 is 33.5. The molecule has 8 heteroatoms. The molecule has 2 N–H and O–H groups in total. The van der Waals surface area contributed by atoms with Crippen molar-refractivity contribution in [2.45, 2.75) is 24.8 Å². The third-order valence-electron chi connectivity index (χ3n) is 4.62. The maximum Gasteiger partial charge on any atom is 0.262 e. The molecule has 3 rings (SSSR count). The Morgan fingerprint density at radius 1 is 1.03 bits per heavy atom. The number of benzene rings is 3. The van der Waals surface area contributed by atoms with Crippen molar-refractivity contribution in [3.8, 4) is 5.75 Å². The zero-order chi connectivity index (χ0) is 22.4. The fourth-order valence-electron chi connectivity index (χ4n) is 2.92. The smallest absolute Gasteiger partial charge is 0.262 e. The van der Waals surface area contributed by atoms with Crippen LogP contribution in [0.15, 0.2) is 77.7 Å². The van der Waals surface area contributed by atoms with Gasteiger partial charge < -0.3 is 10.1 Å². The van der Waals surface area contributed by atoms with Crippen molar-refractivity contribution < 1.29 is 17.9 Å². The molecule has 0 unspecified atom stereocenters. The van der Waals surface area contributed by atoms with Gasteiger partial charge in [-0.3, -0.25) is 4.79 Å². The van der Waals surface area contributed by atoms with Gasteiger partial charge in [0.25, 0.3) is 5.91 Å². The number of ether oxygens (including phenoxy) is 1. The maximum absolute atomic E-state index is 12.7. The van der Waals surface area contributed by atoms with Crippen LogP contribution in [0, 0.1) is 6.92 Å². The van der Waals surface area contributed by atoms with Gasteiger partial charge in [-0.2, -0.15) is 0 Å². The summed E-state index contributed by atoms with van der Waals surface area (Å²) in [5.41, 5.74) is 2.47. The molecule has 3 aromatic carbocycles. The van der Waals surface area contributed by atoms with Crippen molar-refractivity contribution in [2.75, 3.05) is 11.9 Å². The molecule has 3 aromatic rings. The Kier molecular flexibility index (Phi) is 7.33. The van der Waals surface area contributed by atoms with Gasteiger partial charge in [0, 0.05) is 11.7 Å². The summed E-state index contributed by atoms with van der Waals surface area (Å²) in [6, 6.07) is 20.4. The Bertz CT molecular complexity index is 1170. The molecule has 31 heavy (non-hydrogen) atoms. The first-order chi connectivity index (χ1) is 14.8. The monoisotopic (exact) mass is 458 g/mol. The Morgan fingerprint density at radius 2 is 1.71 bits per heavy atom. The summed E-state index contributed by atoms with van der Waals surface area (Å²) >= 11 is 6.21. The van der Waals surface area contributed by atoms with Crippen molar-refractivity contribution in [1.82, 2.24) is 4.72 Å². The lowest BCUT2D eigenvalue weighted by molar-refractivity contribution is -0.118. The highest BCUT2D eigenvalue weighted by atomic mass is 35.5. The number of anilines is 1. The fraction of sp³-hybridized carbons (Fsp3) is 0.174. The first kappa shape index (κ1) is 22.8. The SMILES string of the molecule is Cc1ccccc1NC(=O)COc1ccc(S(=O)(=O)N[C@@H](C)c2ccccc2)cc1Cl. The number of carbonyl (C=O) groups is 1. The minimum absolute atomic E-state index is 0.0111. The van der Waals surface area contributed by atoms with Crippen LogP contribution in [0.4, 0.5) is 5.69 Å². The Morgan fingerprint density at radius 3 is 2.39 bits per heavy atom. The van der Waals surface area contributed by atoms with E-state index in [0.29, 0.717) is 5.69 Å². The van der Waals surface area contributed by atoms with Crippen molar-refractivity contribution in [3.05, 3.63) is 88.9 Å². The summed E-state index contributed by atoms with van der Waals surface area (Å²) in [4.78, 5) is 12.2. The van der Waals surface area contributed by atoms with Crippen LogP contribution >= 0.6 is 11.6 Å². The van der Waals surface area contributed by atoms with E-state index in [1.165, 1.54) is 18.2 Å². The summed E-state index contributed by atoms with van der Waals surface area (Å²) in [7, 11) is -3.79. The summed E-state index contributed by atoms with van der Waals surface area (Å²) in [5.74, 6) is -0.128. The maximum atomic E-state index is 12.7. The molecule has 0 aromatic heterocycles. The number of hydrogen-bond acceptors (Lipinski definition) is 4. The fourth-order valence-corrected chi connectivity index (χ4v) is 4.48. The molecule has 0 aliphatic carbocycles. The van der Waals surface area contributed by atoms with Gasteiger partial charge in [-0.05, 0) is 49.2 Å². The molecule has 0 aliphatic rings. The van der Waals surface area contributed by atoms with Crippen LogP contribution in [0.3, 0.4) is 0 Å². The molecule has 0 saturated carbocycles. The van der Waals surface area contributed by atoms with Gasteiger partial charge >= 0.3 is 0 Å². The number of rotatable bonds is 8. The number of sulfonamides is 1. The number of para-hydroxylation sites is 1. The lowest BCUT2D eigenvalue weighted by atomic mass is 10.1. The Hall–Kier alpha value is -2.87. The lowest BCUT2D eigenvalue weighted by Crippen LogP contribution is -2.27. The molecule has 0 radical (unpaired) electrons. The second-order valence-electron chi connectivity index (χ2n) is 7.00. The molecule has 0 aliphatic heterocycles. The number of carbonyl (C=O) groups excluding carboxylic acids is 1. The van der Waals surface area contributed by atoms with Gasteiger partial charge in [-0.25, -0.2) is 13.1 Å². The zero-order valence-electron chi connectivity index (χ0n) is 17.1. The highest BCUT2D eigenvalue weighted by Crippen LogP contribution is 2.28. The van der Waals surface area contributed by atoms with Crippen LogP contribution in [0.25, 0.3) is 0 Å². The topological polar surface area (TPSA) is 84.5 Å². The van der Waals surface area contributed by atoms with Crippen LogP contribution in [-0.4, -0.2) is 20.9 Å². The first-order valence-corrected chi connectivity index (χ1v) is 11.5. The van der Waals surface area contributed by atoms with Gasteiger partial charge in [0.2, 0.25) is 10.0 Å². The van der Waals surface area contributed by atoms with Crippen molar-refractivity contribution >= 4 is 33.2 Å². The van der Waals surface area contributed by atoms with Crippen LogP contribution in [0.1, 0.15) is 24.1 Å². The second-order valence-corrected chi connectivity index (χ2v) is 9.12. The van der Waals surface area contributed by atoms with Gasteiger partial charge in [0.1, 0.15) is 5.75 Å². The van der Waals surface area contributed by atoms with Crippen LogP contribution in [0.5, 0.6) is 5.75 Å². The van der Waals surface area contributed by atoms with Crippen LogP contribution in [0.2, 0.25) is 5.02 Å². The predicted octanol–water partition coefficient (Wildman–Crippen LogP) is 4.71. The van der Waals surface area contributed by atoms with E-state index in [1.54, 1.807) is 13.0 Å². The molecule has 0 heterocycles. The van der Waals surface area contributed by atoms with Crippen molar-refractivity contribution in [3.63, 3.8) is 0 Å². The zero-order valence-corrected chi connectivity index (χ0v) is 18.7. The molecule has 0 saturated heterocycles. The standard InChI is InChI=1S/C23H23ClN2O4S/c1-16-8-6-7-11-21(16)25-23(27)15-30-22-13-12-19(14-20(22)24)31(28,29)26-17(2)18-9-4-3-5-10-18/h3-14,17,26H,15H2,1-2H3,(H,25,27)/t17-/m0/s1. The third-order valence-corrected chi connectivity index (χ3v) is 6.46. The number of aryl methyl sites for hydroxylation is 1. The molecule has 6 nitrogen and oxygen atoms in total. The number of hydrogen-bond donors (Lipinski definition) is 2. The molecule has 0 spiro atoms. The first-order valence-electron chi connectivity index (χ1n) is 9.61. The normalized spacial score (nSPS) is 12.2. The number of halogens is 1. The lowest BCUT2D eigenvalue weighted by Gasteiger charge is -2.15. The van der Waals surface area contributed by atoms with E-state index in [4.69, 9.17) is 16.3 Å². The molecular formula is C23H23ClN2O4S. The minimum Gasteiger partial charge on any atom is -0.482 e. The molecule has 1 atom stereocenters. The number of amides is 1. The number of nitrogens with one attached hydrogen (secondary N) is 2. The molecular weight excluding hydrogens is 436 g/mol. The van der Waals surface area contributed by atoms with Gasteiger partial charge in [-0.15, -0.1) is 0 Å². The van der Waals surface area contributed by atoms with E-state index in [1.807, 2.05) is 55.5 Å². The second kappa shape index (κ2) is 9.96. The van der Waals surface area contributed by atoms with E-state index < -0.39 is 16.1 Å². The molecule has 162 valence electrons. The van der Waals surface area contributed by atoms with E-state index in [0.717, 1.165) is 11.1 Å². The molecule has 0 fully saturated rings. The Balaban J connectivity index is 1.64. The molecule has 0 bridgehead atoms. The highest BCUT2D eigenvalue weighted by Gasteiger charge is 2.20. The van der Waals surface area contributed by atoms with Crippen molar-refractivity contribution in [2.24, 2.45) is 0 Å². The van der Waals surface area contributed by atoms with Gasteiger partial charge in [0.05, 0.1) is 9.92 Å². The average molecular weight is 459 g/mol. The summed E-state index contributed by atoms with van der Waals surface area (Å²) in [6.45, 7) is 3.39. The average Bonchev–Trinajstić information content (AvgIpc) is 2.75. The van der Waals surface area contributed by atoms with Crippen molar-refractivity contribution in [1.29, 1.82) is 0 Å². The van der Waals surface area contributed by atoms with Crippen LogP contribution in [-0.2, 0) is 14.8 Å². The highest BCUT2D eigenvalue weighted by molar-refractivity contribution is 7.89. The summed E-state index contributed by atoms with van der Waals surface area (Å²) in [5, 5.41) is 2.86. The minimum atomic E-state index is -3.79. The van der Waals surface area contributed by atoms with E-state index >= 15 is 0 Å². The van der Waals surface area contributed by atoms with E-state index in [9.17, 15) is 13.2 Å². The van der Waals surface area contributed by atoms with Gasteiger partial charge in [0.15, 0.2) is 6.61 Å². The summed E-state index contributed by atoms with van der Waals surface area (Å²) in [6.07, 6.45) is 0.